The van der Waals surface area contributed by atoms with Gasteiger partial charge in [-0.2, -0.15) is 0 Å². The molecule has 0 unspecified atom stereocenters. The van der Waals surface area contributed by atoms with Gasteiger partial charge >= 0.3 is 0 Å². The van der Waals surface area contributed by atoms with E-state index < -0.39 is 6.10 Å². The van der Waals surface area contributed by atoms with Crippen molar-refractivity contribution in [2.24, 2.45) is 0 Å². The molecule has 1 saturated heterocycles. The molecule has 0 saturated carbocycles. The van der Waals surface area contributed by atoms with Crippen LogP contribution in [-0.4, -0.2) is 37.4 Å². The molecule has 1 aliphatic heterocycles. The fraction of sp³-hybridized carbons (Fsp3) is 0.263. The molecule has 1 aromatic heterocycles. The summed E-state index contributed by atoms with van der Waals surface area (Å²) in [6.45, 7) is 1.07. The second-order valence-corrected chi connectivity index (χ2v) is 6.34. The second-order valence-electron chi connectivity index (χ2n) is 6.34. The van der Waals surface area contributed by atoms with Gasteiger partial charge in [0.25, 0.3) is 0 Å². The summed E-state index contributed by atoms with van der Waals surface area (Å²) in [4.78, 5) is 2.13. The number of para-hydroxylation sites is 1. The van der Waals surface area contributed by atoms with E-state index in [1.54, 1.807) is 12.4 Å². The molecule has 1 N–H and O–H groups in total. The highest BCUT2D eigenvalue weighted by Crippen LogP contribution is 2.33. The topological polar surface area (TPSA) is 54.2 Å². The number of hydrogen-bond acceptors (Lipinski definition) is 4. The normalized spacial score (nSPS) is 20.9. The van der Waals surface area contributed by atoms with Crippen LogP contribution < -0.4 is 0 Å². The number of aromatic nitrogens is 3. The quantitative estimate of drug-likeness (QED) is 0.795. The molecule has 128 valence electrons. The number of hydrogen-bond donors (Lipinski definition) is 1. The molecule has 25 heavy (non-hydrogen) atoms. The van der Waals surface area contributed by atoms with Crippen LogP contribution in [0.4, 0.5) is 4.39 Å². The minimum absolute atomic E-state index is 0.0355. The van der Waals surface area contributed by atoms with Gasteiger partial charge in [0, 0.05) is 18.3 Å². The third-order valence-corrected chi connectivity index (χ3v) is 4.61. The van der Waals surface area contributed by atoms with Crippen LogP contribution in [0.3, 0.4) is 0 Å². The van der Waals surface area contributed by atoms with Crippen molar-refractivity contribution in [3.8, 4) is 5.69 Å². The van der Waals surface area contributed by atoms with Gasteiger partial charge in [-0.05, 0) is 36.2 Å². The number of benzene rings is 2. The maximum Gasteiger partial charge on any atom is 0.151 e. The van der Waals surface area contributed by atoms with Crippen molar-refractivity contribution >= 4 is 0 Å². The average Bonchev–Trinajstić information content (AvgIpc) is 3.22. The summed E-state index contributed by atoms with van der Waals surface area (Å²) in [5.74, 6) is 0.535. The van der Waals surface area contributed by atoms with Crippen LogP contribution in [0.15, 0.2) is 60.9 Å². The Balaban J connectivity index is 1.61. The lowest BCUT2D eigenvalue weighted by atomic mass is 10.0. The van der Waals surface area contributed by atoms with Crippen molar-refractivity contribution in [3.63, 3.8) is 0 Å². The van der Waals surface area contributed by atoms with Crippen molar-refractivity contribution < 1.29 is 9.50 Å². The van der Waals surface area contributed by atoms with Gasteiger partial charge < -0.3 is 5.11 Å². The van der Waals surface area contributed by atoms with Crippen molar-refractivity contribution in [2.75, 3.05) is 6.54 Å². The summed E-state index contributed by atoms with van der Waals surface area (Å²) in [6.07, 6.45) is 1.85. The van der Waals surface area contributed by atoms with Crippen LogP contribution in [0, 0.1) is 5.82 Å². The number of β-amino-alcohol motifs (C(OH)–C–C–N with tert-alkyl or cyclic N) is 1. The Labute approximate surface area is 145 Å². The summed E-state index contributed by atoms with van der Waals surface area (Å²) in [7, 11) is 0. The Hall–Kier alpha value is -2.57. The molecule has 2 heterocycles. The smallest absolute Gasteiger partial charge is 0.151 e. The minimum Gasteiger partial charge on any atom is -0.392 e. The van der Waals surface area contributed by atoms with Gasteiger partial charge in [0.2, 0.25) is 0 Å². The van der Waals surface area contributed by atoms with Crippen molar-refractivity contribution in [1.29, 1.82) is 0 Å². The van der Waals surface area contributed by atoms with E-state index in [2.05, 4.69) is 15.1 Å². The third kappa shape index (κ3) is 3.31. The highest BCUT2D eigenvalue weighted by Gasteiger charge is 2.33. The lowest BCUT2D eigenvalue weighted by molar-refractivity contribution is 0.171. The lowest BCUT2D eigenvalue weighted by Crippen LogP contribution is -2.26. The van der Waals surface area contributed by atoms with Gasteiger partial charge in [0.1, 0.15) is 12.1 Å². The second kappa shape index (κ2) is 6.74. The maximum atomic E-state index is 13.6. The maximum absolute atomic E-state index is 13.6. The van der Waals surface area contributed by atoms with E-state index in [-0.39, 0.29) is 11.9 Å². The van der Waals surface area contributed by atoms with E-state index in [9.17, 15) is 9.50 Å². The minimum atomic E-state index is -0.429. The van der Waals surface area contributed by atoms with Gasteiger partial charge in [0.15, 0.2) is 5.82 Å². The zero-order valence-electron chi connectivity index (χ0n) is 13.7. The first kappa shape index (κ1) is 15.9. The Morgan fingerprint density at radius 1 is 1.12 bits per heavy atom. The van der Waals surface area contributed by atoms with Crippen LogP contribution in [-0.2, 0) is 6.54 Å². The first-order valence-corrected chi connectivity index (χ1v) is 8.32. The number of likely N-dealkylation sites (tertiary alicyclic amines) is 1. The Morgan fingerprint density at radius 3 is 2.76 bits per heavy atom. The van der Waals surface area contributed by atoms with E-state index in [1.165, 1.54) is 12.1 Å². The third-order valence-electron chi connectivity index (χ3n) is 4.61. The van der Waals surface area contributed by atoms with Crippen molar-refractivity contribution in [1.82, 2.24) is 19.7 Å². The summed E-state index contributed by atoms with van der Waals surface area (Å²) >= 11 is 0. The number of halogens is 1. The number of aliphatic hydroxyl groups excluding tert-OH is 1. The summed E-state index contributed by atoms with van der Waals surface area (Å²) < 4.78 is 15.5. The molecule has 2 aromatic carbocycles. The molecular formula is C19H19FN4O. The summed E-state index contributed by atoms with van der Waals surface area (Å²) in [5.41, 5.74) is 1.87. The largest absolute Gasteiger partial charge is 0.392 e. The monoisotopic (exact) mass is 338 g/mol. The van der Waals surface area contributed by atoms with Crippen LogP contribution >= 0.6 is 0 Å². The van der Waals surface area contributed by atoms with Gasteiger partial charge in [-0.3, -0.25) is 9.47 Å². The Kier molecular flexibility index (Phi) is 4.29. The zero-order chi connectivity index (χ0) is 17.2. The van der Waals surface area contributed by atoms with Gasteiger partial charge in [0.05, 0.1) is 12.6 Å². The molecule has 4 rings (SSSR count). The van der Waals surface area contributed by atoms with E-state index >= 15 is 0 Å². The molecule has 2 atom stereocenters. The molecule has 0 aliphatic carbocycles. The highest BCUT2D eigenvalue weighted by molar-refractivity contribution is 5.32. The molecule has 6 heteroatoms. The van der Waals surface area contributed by atoms with Gasteiger partial charge in [-0.25, -0.2) is 4.39 Å². The molecule has 1 aliphatic rings. The number of aliphatic hydroxyl groups is 1. The summed E-state index contributed by atoms with van der Waals surface area (Å²) in [6, 6.07) is 16.4. The highest BCUT2D eigenvalue weighted by atomic mass is 19.1. The van der Waals surface area contributed by atoms with Crippen LogP contribution in [0.25, 0.3) is 5.69 Å². The SMILES string of the molecule is O[C@H]1C[C@@H](c2cccc(F)c2)N(Cc2nncn2-c2ccccc2)C1. The van der Waals surface area contributed by atoms with Gasteiger partial charge in [-0.15, -0.1) is 10.2 Å². The predicted octanol–water partition coefficient (Wildman–Crippen LogP) is 2.71. The molecule has 0 amide bonds. The first-order chi connectivity index (χ1) is 12.2. The molecule has 5 nitrogen and oxygen atoms in total. The lowest BCUT2D eigenvalue weighted by Gasteiger charge is -2.24. The molecule has 3 aromatic rings. The fourth-order valence-corrected chi connectivity index (χ4v) is 3.47. The van der Waals surface area contributed by atoms with E-state index in [0.29, 0.717) is 19.5 Å². The van der Waals surface area contributed by atoms with Crippen molar-refractivity contribution in [3.05, 3.63) is 78.1 Å². The fourth-order valence-electron chi connectivity index (χ4n) is 3.47. The molecule has 0 bridgehead atoms. The summed E-state index contributed by atoms with van der Waals surface area (Å²) in [5, 5.41) is 18.4. The number of nitrogens with zero attached hydrogens (tertiary/aromatic N) is 4. The molecule has 0 spiro atoms. The van der Waals surface area contributed by atoms with Crippen molar-refractivity contribution in [2.45, 2.75) is 25.1 Å². The molecular weight excluding hydrogens is 319 g/mol. The van der Waals surface area contributed by atoms with E-state index in [4.69, 9.17) is 0 Å². The Bertz CT molecular complexity index is 851. The van der Waals surface area contributed by atoms with Crippen LogP contribution in [0.1, 0.15) is 23.9 Å². The zero-order valence-corrected chi connectivity index (χ0v) is 13.7. The van der Waals surface area contributed by atoms with Crippen LogP contribution in [0.5, 0.6) is 0 Å². The van der Waals surface area contributed by atoms with Crippen LogP contribution in [0.2, 0.25) is 0 Å². The molecule has 1 fully saturated rings. The average molecular weight is 338 g/mol. The van der Waals surface area contributed by atoms with Gasteiger partial charge in [-0.1, -0.05) is 30.3 Å². The number of rotatable bonds is 4. The Morgan fingerprint density at radius 2 is 1.96 bits per heavy atom. The predicted molar refractivity (Wildman–Crippen MR) is 91.5 cm³/mol. The standard InChI is InChI=1S/C19H19FN4O/c20-15-6-4-5-14(9-15)18-10-17(25)11-23(18)12-19-22-21-13-24(19)16-7-2-1-3-8-16/h1-9,13,17-18,25H,10-12H2/t17-,18-/m0/s1. The van der Waals surface area contributed by atoms with E-state index in [0.717, 1.165) is 17.1 Å². The molecule has 0 radical (unpaired) electrons. The van der Waals surface area contributed by atoms with E-state index in [1.807, 2.05) is 41.0 Å². The first-order valence-electron chi connectivity index (χ1n) is 8.32.